The predicted molar refractivity (Wildman–Crippen MR) is 79.7 cm³/mol. The van der Waals surface area contributed by atoms with Gasteiger partial charge in [0.2, 0.25) is 0 Å². The minimum atomic E-state index is -0.634. The Bertz CT molecular complexity index is 448. The summed E-state index contributed by atoms with van der Waals surface area (Å²) >= 11 is 0. The lowest BCUT2D eigenvalue weighted by Crippen LogP contribution is -2.33. The highest BCUT2D eigenvalue weighted by atomic mass is 16.5. The SMILES string of the molecule is CNC(CCC(=O)OC)C(O)c1c(C)cc(C)cc1C. The molecule has 0 amide bonds. The molecule has 20 heavy (non-hydrogen) atoms. The first kappa shape index (κ1) is 16.7. The number of likely N-dealkylation sites (N-methyl/N-ethyl adjacent to an activating group) is 1. The van der Waals surface area contributed by atoms with Gasteiger partial charge in [-0.15, -0.1) is 0 Å². The van der Waals surface area contributed by atoms with Crippen molar-refractivity contribution in [2.75, 3.05) is 14.2 Å². The van der Waals surface area contributed by atoms with Crippen LogP contribution < -0.4 is 5.32 Å². The Balaban J connectivity index is 2.91. The third kappa shape index (κ3) is 4.05. The summed E-state index contributed by atoms with van der Waals surface area (Å²) in [5.41, 5.74) is 4.29. The molecule has 1 aromatic carbocycles. The fourth-order valence-corrected chi connectivity index (χ4v) is 2.69. The van der Waals surface area contributed by atoms with Crippen LogP contribution in [0.15, 0.2) is 12.1 Å². The van der Waals surface area contributed by atoms with Gasteiger partial charge in [0.25, 0.3) is 0 Å². The molecular weight excluding hydrogens is 254 g/mol. The normalized spacial score (nSPS) is 13.9. The summed E-state index contributed by atoms with van der Waals surface area (Å²) < 4.78 is 4.65. The van der Waals surface area contributed by atoms with Crippen LogP contribution in [0.2, 0.25) is 0 Å². The highest BCUT2D eigenvalue weighted by Crippen LogP contribution is 2.27. The molecule has 0 heterocycles. The summed E-state index contributed by atoms with van der Waals surface area (Å²) in [6, 6.07) is 3.96. The molecule has 112 valence electrons. The van der Waals surface area contributed by atoms with E-state index in [-0.39, 0.29) is 12.0 Å². The van der Waals surface area contributed by atoms with Gasteiger partial charge in [0, 0.05) is 12.5 Å². The zero-order chi connectivity index (χ0) is 15.3. The summed E-state index contributed by atoms with van der Waals surface area (Å²) in [5.74, 6) is -0.255. The van der Waals surface area contributed by atoms with Crippen molar-refractivity contribution in [3.63, 3.8) is 0 Å². The summed E-state index contributed by atoms with van der Waals surface area (Å²) in [6.45, 7) is 6.06. The second kappa shape index (κ2) is 7.41. The molecule has 1 rings (SSSR count). The number of ether oxygens (including phenoxy) is 1. The van der Waals surface area contributed by atoms with Crippen molar-refractivity contribution >= 4 is 5.97 Å². The molecule has 0 aliphatic rings. The first-order chi connectivity index (χ1) is 9.40. The second-order valence-electron chi connectivity index (χ2n) is 5.27. The predicted octanol–water partition coefficient (Wildman–Crippen LogP) is 2.19. The van der Waals surface area contributed by atoms with E-state index >= 15 is 0 Å². The Kier molecular flexibility index (Phi) is 6.17. The maximum Gasteiger partial charge on any atom is 0.305 e. The van der Waals surface area contributed by atoms with Crippen LogP contribution in [0, 0.1) is 20.8 Å². The summed E-state index contributed by atoms with van der Waals surface area (Å²) in [7, 11) is 3.17. The lowest BCUT2D eigenvalue weighted by Gasteiger charge is -2.25. The standard InChI is InChI=1S/C16H25NO3/c1-10-8-11(2)15(12(3)9-10)16(19)13(17-4)6-7-14(18)20-5/h8-9,13,16-17,19H,6-7H2,1-5H3. The van der Waals surface area contributed by atoms with E-state index in [4.69, 9.17) is 0 Å². The molecule has 2 unspecified atom stereocenters. The van der Waals surface area contributed by atoms with Gasteiger partial charge in [-0.1, -0.05) is 17.7 Å². The number of hydrogen-bond donors (Lipinski definition) is 2. The number of aliphatic hydroxyl groups excluding tert-OH is 1. The first-order valence-electron chi connectivity index (χ1n) is 6.90. The third-order valence-corrected chi connectivity index (χ3v) is 3.67. The number of benzene rings is 1. The molecule has 4 heteroatoms. The smallest absolute Gasteiger partial charge is 0.305 e. The van der Waals surface area contributed by atoms with E-state index in [0.717, 1.165) is 16.7 Å². The van der Waals surface area contributed by atoms with Gasteiger partial charge in [-0.2, -0.15) is 0 Å². The first-order valence-corrected chi connectivity index (χ1v) is 6.90. The van der Waals surface area contributed by atoms with Gasteiger partial charge in [-0.25, -0.2) is 0 Å². The summed E-state index contributed by atoms with van der Waals surface area (Å²) in [4.78, 5) is 11.2. The highest BCUT2D eigenvalue weighted by Gasteiger charge is 2.23. The number of hydrogen-bond acceptors (Lipinski definition) is 4. The van der Waals surface area contributed by atoms with E-state index in [1.54, 1.807) is 7.05 Å². The van der Waals surface area contributed by atoms with Gasteiger partial charge in [-0.05, 0) is 50.9 Å². The van der Waals surface area contributed by atoms with Crippen LogP contribution in [0.1, 0.15) is 41.2 Å². The highest BCUT2D eigenvalue weighted by molar-refractivity contribution is 5.69. The second-order valence-corrected chi connectivity index (χ2v) is 5.27. The fraction of sp³-hybridized carbons (Fsp3) is 0.562. The molecule has 0 saturated heterocycles. The van der Waals surface area contributed by atoms with Crippen LogP contribution in [0.4, 0.5) is 0 Å². The molecule has 0 spiro atoms. The topological polar surface area (TPSA) is 58.6 Å². The van der Waals surface area contributed by atoms with E-state index in [2.05, 4.69) is 22.2 Å². The maximum absolute atomic E-state index is 11.2. The maximum atomic E-state index is 11.2. The van der Waals surface area contributed by atoms with E-state index in [9.17, 15) is 9.90 Å². The van der Waals surface area contributed by atoms with Crippen molar-refractivity contribution in [3.8, 4) is 0 Å². The van der Waals surface area contributed by atoms with Crippen LogP contribution in [0.3, 0.4) is 0 Å². The molecule has 0 fully saturated rings. The number of aryl methyl sites for hydroxylation is 3. The molecule has 0 aromatic heterocycles. The monoisotopic (exact) mass is 279 g/mol. The minimum Gasteiger partial charge on any atom is -0.469 e. The van der Waals surface area contributed by atoms with Crippen molar-refractivity contribution < 1.29 is 14.6 Å². The number of methoxy groups -OCH3 is 1. The molecule has 0 aliphatic heterocycles. The van der Waals surface area contributed by atoms with Gasteiger partial charge in [0.05, 0.1) is 13.2 Å². The Morgan fingerprint density at radius 2 is 1.85 bits per heavy atom. The average Bonchev–Trinajstić information content (AvgIpc) is 2.37. The lowest BCUT2D eigenvalue weighted by molar-refractivity contribution is -0.140. The molecule has 0 radical (unpaired) electrons. The summed E-state index contributed by atoms with van der Waals surface area (Å²) in [6.07, 6.45) is 0.199. The van der Waals surface area contributed by atoms with Crippen LogP contribution >= 0.6 is 0 Å². The van der Waals surface area contributed by atoms with E-state index < -0.39 is 6.10 Å². The fourth-order valence-electron chi connectivity index (χ4n) is 2.69. The molecule has 1 aromatic rings. The Labute approximate surface area is 121 Å². The molecule has 0 saturated carbocycles. The molecule has 0 bridgehead atoms. The Hall–Kier alpha value is -1.39. The molecule has 2 atom stereocenters. The zero-order valence-corrected chi connectivity index (χ0v) is 13.0. The van der Waals surface area contributed by atoms with Crippen LogP contribution in [0.5, 0.6) is 0 Å². The Morgan fingerprint density at radius 1 is 1.30 bits per heavy atom. The number of aliphatic hydroxyl groups is 1. The van der Waals surface area contributed by atoms with Crippen LogP contribution in [0.25, 0.3) is 0 Å². The number of carbonyl (C=O) groups is 1. The van der Waals surface area contributed by atoms with Gasteiger partial charge >= 0.3 is 5.97 Å². The largest absolute Gasteiger partial charge is 0.469 e. The Morgan fingerprint density at radius 3 is 2.30 bits per heavy atom. The lowest BCUT2D eigenvalue weighted by atomic mass is 9.90. The summed E-state index contributed by atoms with van der Waals surface area (Å²) in [5, 5.41) is 13.7. The van der Waals surface area contributed by atoms with E-state index in [1.165, 1.54) is 12.7 Å². The molecule has 0 aliphatic carbocycles. The number of esters is 1. The van der Waals surface area contributed by atoms with Gasteiger partial charge in [0.15, 0.2) is 0 Å². The van der Waals surface area contributed by atoms with E-state index in [0.29, 0.717) is 12.8 Å². The van der Waals surface area contributed by atoms with Crippen molar-refractivity contribution in [1.82, 2.24) is 5.32 Å². The number of nitrogens with one attached hydrogen (secondary N) is 1. The number of carbonyl (C=O) groups excluding carboxylic acids is 1. The van der Waals surface area contributed by atoms with Gasteiger partial charge < -0.3 is 15.2 Å². The van der Waals surface area contributed by atoms with Gasteiger partial charge in [0.1, 0.15) is 0 Å². The molecule has 4 nitrogen and oxygen atoms in total. The van der Waals surface area contributed by atoms with Gasteiger partial charge in [-0.3, -0.25) is 4.79 Å². The number of rotatable bonds is 6. The van der Waals surface area contributed by atoms with E-state index in [1.807, 2.05) is 20.8 Å². The quantitative estimate of drug-likeness (QED) is 0.784. The van der Waals surface area contributed by atoms with Crippen molar-refractivity contribution in [1.29, 1.82) is 0 Å². The molecule has 2 N–H and O–H groups in total. The van der Waals surface area contributed by atoms with Crippen molar-refractivity contribution in [2.24, 2.45) is 0 Å². The van der Waals surface area contributed by atoms with Crippen LogP contribution in [-0.2, 0) is 9.53 Å². The van der Waals surface area contributed by atoms with Crippen molar-refractivity contribution in [3.05, 3.63) is 34.4 Å². The third-order valence-electron chi connectivity index (χ3n) is 3.67. The molecular formula is C16H25NO3. The zero-order valence-electron chi connectivity index (χ0n) is 13.0. The minimum absolute atomic E-state index is 0.172. The van der Waals surface area contributed by atoms with Crippen LogP contribution in [-0.4, -0.2) is 31.3 Å². The average molecular weight is 279 g/mol. The van der Waals surface area contributed by atoms with Crippen molar-refractivity contribution in [2.45, 2.75) is 45.8 Å².